The Hall–Kier alpha value is -2.18. The van der Waals surface area contributed by atoms with Crippen LogP contribution in [0.15, 0.2) is 73.3 Å². The van der Waals surface area contributed by atoms with Gasteiger partial charge in [0.25, 0.3) is 0 Å². The molecule has 9 atom stereocenters. The predicted octanol–water partition coefficient (Wildman–Crippen LogP) is 3.73. The number of fused-ring (bicyclic) bond motifs is 1. The SMILES string of the molecule is C=CCO[C@@H]1OC(C)[C@H](O[C@@H]2OC[C@@H](OCc3ccccc3)C(O)C2OCc2ccccc2)C2OC(C)(C)OC21. The van der Waals surface area contributed by atoms with Gasteiger partial charge < -0.3 is 43.0 Å². The fraction of sp³-hybridized carbons (Fsp3) is 0.548. The molecule has 40 heavy (non-hydrogen) atoms. The van der Waals surface area contributed by atoms with E-state index in [1.54, 1.807) is 6.08 Å². The largest absolute Gasteiger partial charge is 0.387 e. The van der Waals surface area contributed by atoms with E-state index in [0.29, 0.717) is 13.2 Å². The van der Waals surface area contributed by atoms with Gasteiger partial charge in [-0.05, 0) is 31.9 Å². The Labute approximate surface area is 235 Å². The average molecular weight is 557 g/mol. The van der Waals surface area contributed by atoms with Gasteiger partial charge in [-0.2, -0.15) is 0 Å². The van der Waals surface area contributed by atoms with Gasteiger partial charge in [0.2, 0.25) is 0 Å². The lowest BCUT2D eigenvalue weighted by Crippen LogP contribution is -2.61. The maximum atomic E-state index is 11.4. The summed E-state index contributed by atoms with van der Waals surface area (Å²) in [5.41, 5.74) is 1.97. The molecule has 0 bridgehead atoms. The first-order chi connectivity index (χ1) is 19.3. The third kappa shape index (κ3) is 6.99. The number of hydrogen-bond acceptors (Lipinski definition) is 9. The van der Waals surface area contributed by atoms with E-state index in [0.717, 1.165) is 11.1 Å². The maximum Gasteiger partial charge on any atom is 0.187 e. The fourth-order valence-electron chi connectivity index (χ4n) is 5.30. The van der Waals surface area contributed by atoms with Gasteiger partial charge in [-0.1, -0.05) is 66.7 Å². The Morgan fingerprint density at radius 1 is 0.875 bits per heavy atom. The van der Waals surface area contributed by atoms with Crippen LogP contribution in [0.2, 0.25) is 0 Å². The van der Waals surface area contributed by atoms with Crippen LogP contribution in [-0.4, -0.2) is 79.4 Å². The predicted molar refractivity (Wildman–Crippen MR) is 145 cm³/mol. The quantitative estimate of drug-likeness (QED) is 0.416. The van der Waals surface area contributed by atoms with E-state index in [9.17, 15) is 5.11 Å². The third-order valence-electron chi connectivity index (χ3n) is 7.24. The molecule has 9 nitrogen and oxygen atoms in total. The second kappa shape index (κ2) is 13.2. The molecule has 3 aliphatic rings. The number of benzene rings is 2. The van der Waals surface area contributed by atoms with Gasteiger partial charge in [0.1, 0.15) is 36.6 Å². The zero-order chi connectivity index (χ0) is 28.1. The van der Waals surface area contributed by atoms with Crippen molar-refractivity contribution < 1.29 is 43.0 Å². The van der Waals surface area contributed by atoms with Gasteiger partial charge in [0, 0.05) is 0 Å². The monoisotopic (exact) mass is 556 g/mol. The standard InChI is InChI=1S/C31H40O9/c1-5-16-33-30-28-27(39-31(3,4)40-28)25(20(2)37-30)38-29-26(35-18-22-14-10-7-11-15-22)24(32)23(19-36-29)34-17-21-12-8-6-9-13-21/h5-15,20,23-30,32H,1,16-19H2,2-4H3/t20?,23-,24?,25+,26?,27?,28?,29+,30-/m1/s1. The van der Waals surface area contributed by atoms with Crippen molar-refractivity contribution in [3.63, 3.8) is 0 Å². The number of aliphatic hydroxyl groups excluding tert-OH is 1. The summed E-state index contributed by atoms with van der Waals surface area (Å²) in [5, 5.41) is 11.4. The van der Waals surface area contributed by atoms with Crippen LogP contribution in [-0.2, 0) is 51.1 Å². The highest BCUT2D eigenvalue weighted by Gasteiger charge is 2.57. The Kier molecular flexibility index (Phi) is 9.68. The Bertz CT molecular complexity index is 1060. The molecule has 3 saturated heterocycles. The molecule has 218 valence electrons. The Morgan fingerprint density at radius 2 is 1.50 bits per heavy atom. The summed E-state index contributed by atoms with van der Waals surface area (Å²) >= 11 is 0. The highest BCUT2D eigenvalue weighted by atomic mass is 16.8. The second-order valence-corrected chi connectivity index (χ2v) is 10.8. The highest BCUT2D eigenvalue weighted by molar-refractivity contribution is 5.14. The smallest absolute Gasteiger partial charge is 0.187 e. The first-order valence-electron chi connectivity index (χ1n) is 13.8. The van der Waals surface area contributed by atoms with Crippen LogP contribution in [0, 0.1) is 0 Å². The molecule has 5 rings (SSSR count). The van der Waals surface area contributed by atoms with E-state index in [1.165, 1.54) is 0 Å². The molecule has 3 aliphatic heterocycles. The molecule has 0 aromatic heterocycles. The molecule has 0 amide bonds. The fourth-order valence-corrected chi connectivity index (χ4v) is 5.30. The summed E-state index contributed by atoms with van der Waals surface area (Å²) in [4.78, 5) is 0. The normalized spacial score (nSPS) is 35.2. The molecule has 3 fully saturated rings. The van der Waals surface area contributed by atoms with Gasteiger partial charge in [-0.25, -0.2) is 0 Å². The molecular weight excluding hydrogens is 516 g/mol. The molecule has 0 radical (unpaired) electrons. The lowest BCUT2D eigenvalue weighted by atomic mass is 9.98. The van der Waals surface area contributed by atoms with Crippen LogP contribution < -0.4 is 0 Å². The number of rotatable bonds is 11. The first-order valence-corrected chi connectivity index (χ1v) is 13.8. The van der Waals surface area contributed by atoms with Crippen molar-refractivity contribution in [2.24, 2.45) is 0 Å². The van der Waals surface area contributed by atoms with E-state index in [4.69, 9.17) is 37.9 Å². The topological polar surface area (TPSA) is 94.1 Å². The van der Waals surface area contributed by atoms with E-state index in [1.807, 2.05) is 81.4 Å². The molecule has 0 spiro atoms. The molecular formula is C31H40O9. The highest BCUT2D eigenvalue weighted by Crippen LogP contribution is 2.40. The van der Waals surface area contributed by atoms with Crippen LogP contribution in [0.3, 0.4) is 0 Å². The molecule has 1 N–H and O–H groups in total. The Morgan fingerprint density at radius 3 is 2.15 bits per heavy atom. The summed E-state index contributed by atoms with van der Waals surface area (Å²) in [5.74, 6) is -0.854. The van der Waals surface area contributed by atoms with Crippen molar-refractivity contribution in [3.8, 4) is 0 Å². The average Bonchev–Trinajstić information content (AvgIpc) is 3.29. The van der Waals surface area contributed by atoms with Crippen LogP contribution in [0.1, 0.15) is 31.9 Å². The van der Waals surface area contributed by atoms with E-state index in [2.05, 4.69) is 6.58 Å². The molecule has 2 aromatic rings. The van der Waals surface area contributed by atoms with Gasteiger partial charge in [0.05, 0.1) is 32.5 Å². The van der Waals surface area contributed by atoms with Crippen molar-refractivity contribution in [3.05, 3.63) is 84.4 Å². The molecule has 0 saturated carbocycles. The van der Waals surface area contributed by atoms with Crippen molar-refractivity contribution in [2.75, 3.05) is 13.2 Å². The first kappa shape index (κ1) is 29.3. The second-order valence-electron chi connectivity index (χ2n) is 10.8. The van der Waals surface area contributed by atoms with Crippen molar-refractivity contribution in [1.82, 2.24) is 0 Å². The Balaban J connectivity index is 1.31. The summed E-state index contributed by atoms with van der Waals surface area (Å²) < 4.78 is 49.4. The molecule has 0 aliphatic carbocycles. The van der Waals surface area contributed by atoms with E-state index < -0.39 is 61.1 Å². The lowest BCUT2D eigenvalue weighted by molar-refractivity contribution is -0.338. The zero-order valence-electron chi connectivity index (χ0n) is 23.3. The molecule has 5 unspecified atom stereocenters. The van der Waals surface area contributed by atoms with Gasteiger partial charge in [-0.3, -0.25) is 0 Å². The van der Waals surface area contributed by atoms with E-state index in [-0.39, 0.29) is 13.2 Å². The van der Waals surface area contributed by atoms with Gasteiger partial charge in [-0.15, -0.1) is 6.58 Å². The van der Waals surface area contributed by atoms with Crippen LogP contribution >= 0.6 is 0 Å². The van der Waals surface area contributed by atoms with E-state index >= 15 is 0 Å². The van der Waals surface area contributed by atoms with Crippen molar-refractivity contribution in [1.29, 1.82) is 0 Å². The number of hydrogen-bond donors (Lipinski definition) is 1. The summed E-state index contributed by atoms with van der Waals surface area (Å²) in [6.45, 7) is 10.4. The minimum atomic E-state index is -0.998. The van der Waals surface area contributed by atoms with Crippen LogP contribution in [0.25, 0.3) is 0 Å². The summed E-state index contributed by atoms with van der Waals surface area (Å²) in [7, 11) is 0. The minimum Gasteiger partial charge on any atom is -0.387 e. The zero-order valence-corrected chi connectivity index (χ0v) is 23.3. The lowest BCUT2D eigenvalue weighted by Gasteiger charge is -2.45. The molecule has 9 heteroatoms. The van der Waals surface area contributed by atoms with Crippen LogP contribution in [0.5, 0.6) is 0 Å². The van der Waals surface area contributed by atoms with Crippen molar-refractivity contribution >= 4 is 0 Å². The van der Waals surface area contributed by atoms with Gasteiger partial charge in [0.15, 0.2) is 18.4 Å². The number of aliphatic hydroxyl groups is 1. The van der Waals surface area contributed by atoms with Crippen LogP contribution in [0.4, 0.5) is 0 Å². The maximum absolute atomic E-state index is 11.4. The summed E-state index contributed by atoms with van der Waals surface area (Å²) in [6, 6.07) is 19.6. The molecule has 3 heterocycles. The summed E-state index contributed by atoms with van der Waals surface area (Å²) in [6.07, 6.45) is -4.30. The molecule has 2 aromatic carbocycles. The third-order valence-corrected chi connectivity index (χ3v) is 7.24. The number of ether oxygens (including phenoxy) is 8. The minimum absolute atomic E-state index is 0.133. The van der Waals surface area contributed by atoms with Gasteiger partial charge >= 0.3 is 0 Å². The van der Waals surface area contributed by atoms with Crippen molar-refractivity contribution in [2.45, 2.75) is 95.1 Å².